The highest BCUT2D eigenvalue weighted by Crippen LogP contribution is 2.24. The van der Waals surface area contributed by atoms with Gasteiger partial charge in [0, 0.05) is 20.2 Å². The van der Waals surface area contributed by atoms with E-state index >= 15 is 0 Å². The van der Waals surface area contributed by atoms with Gasteiger partial charge in [-0.2, -0.15) is 4.31 Å². The van der Waals surface area contributed by atoms with E-state index < -0.39 is 16.0 Å². The summed E-state index contributed by atoms with van der Waals surface area (Å²) in [6.45, 7) is 2.52. The van der Waals surface area contributed by atoms with Gasteiger partial charge in [0.25, 0.3) is 0 Å². The number of carboxylic acids is 1. The number of ether oxygens (including phenoxy) is 1. The molecule has 1 saturated heterocycles. The summed E-state index contributed by atoms with van der Waals surface area (Å²) in [5.74, 6) is -1.11. The summed E-state index contributed by atoms with van der Waals surface area (Å²) in [5.41, 5.74) is 0.665. The van der Waals surface area contributed by atoms with Crippen molar-refractivity contribution >= 4 is 16.0 Å². The first-order valence-electron chi connectivity index (χ1n) is 6.79. The highest BCUT2D eigenvalue weighted by atomic mass is 32.2. The molecule has 1 N–H and O–H groups in total. The fourth-order valence-corrected chi connectivity index (χ4v) is 3.99. The Bertz CT molecular complexity index is 641. The SMILES string of the molecule is CCc1ccc(S(=O)(=O)N2CCC(OC)C2)cc1C(=O)O. The van der Waals surface area contributed by atoms with E-state index in [9.17, 15) is 18.3 Å². The van der Waals surface area contributed by atoms with Crippen LogP contribution < -0.4 is 0 Å². The van der Waals surface area contributed by atoms with Gasteiger partial charge in [0.2, 0.25) is 10.0 Å². The fourth-order valence-electron chi connectivity index (χ4n) is 2.48. The van der Waals surface area contributed by atoms with Crippen molar-refractivity contribution < 1.29 is 23.1 Å². The molecule has 1 aromatic carbocycles. The summed E-state index contributed by atoms with van der Waals surface area (Å²) in [6.07, 6.45) is 1.08. The second-order valence-corrected chi connectivity index (χ2v) is 6.93. The van der Waals surface area contributed by atoms with Crippen LogP contribution in [0.3, 0.4) is 0 Å². The van der Waals surface area contributed by atoms with Gasteiger partial charge in [-0.05, 0) is 30.5 Å². The maximum absolute atomic E-state index is 12.5. The number of hydrogen-bond donors (Lipinski definition) is 1. The normalized spacial score (nSPS) is 19.8. The number of methoxy groups -OCH3 is 1. The van der Waals surface area contributed by atoms with Crippen molar-refractivity contribution in [1.82, 2.24) is 4.31 Å². The summed E-state index contributed by atoms with van der Waals surface area (Å²) in [6, 6.07) is 4.29. The maximum atomic E-state index is 12.5. The van der Waals surface area contributed by atoms with Crippen molar-refractivity contribution in [2.75, 3.05) is 20.2 Å². The van der Waals surface area contributed by atoms with E-state index in [-0.39, 0.29) is 16.6 Å². The Morgan fingerprint density at radius 3 is 2.71 bits per heavy atom. The molecule has 1 unspecified atom stereocenters. The molecule has 0 amide bonds. The van der Waals surface area contributed by atoms with Gasteiger partial charge in [0.05, 0.1) is 16.6 Å². The van der Waals surface area contributed by atoms with Crippen molar-refractivity contribution in [3.8, 4) is 0 Å². The summed E-state index contributed by atoms with van der Waals surface area (Å²) < 4.78 is 31.6. The van der Waals surface area contributed by atoms with Crippen LogP contribution in [0, 0.1) is 0 Å². The number of carbonyl (C=O) groups is 1. The Morgan fingerprint density at radius 2 is 2.19 bits per heavy atom. The molecule has 1 aromatic rings. The molecule has 116 valence electrons. The van der Waals surface area contributed by atoms with E-state index in [0.717, 1.165) is 0 Å². The van der Waals surface area contributed by atoms with Gasteiger partial charge in [0.15, 0.2) is 0 Å². The number of sulfonamides is 1. The lowest BCUT2D eigenvalue weighted by Crippen LogP contribution is -2.30. The summed E-state index contributed by atoms with van der Waals surface area (Å²) in [7, 11) is -2.12. The second-order valence-electron chi connectivity index (χ2n) is 4.99. The highest BCUT2D eigenvalue weighted by molar-refractivity contribution is 7.89. The van der Waals surface area contributed by atoms with Gasteiger partial charge in [-0.25, -0.2) is 13.2 Å². The number of hydrogen-bond acceptors (Lipinski definition) is 4. The molecular formula is C14H19NO5S. The third-order valence-electron chi connectivity index (χ3n) is 3.77. The van der Waals surface area contributed by atoms with Crippen LogP contribution in [0.25, 0.3) is 0 Å². The molecule has 0 spiro atoms. The van der Waals surface area contributed by atoms with E-state index in [0.29, 0.717) is 31.5 Å². The first-order chi connectivity index (χ1) is 9.90. The van der Waals surface area contributed by atoms with Crippen molar-refractivity contribution in [2.45, 2.75) is 30.8 Å². The molecule has 7 heteroatoms. The first-order valence-corrected chi connectivity index (χ1v) is 8.23. The molecule has 1 fully saturated rings. The molecule has 21 heavy (non-hydrogen) atoms. The predicted octanol–water partition coefficient (Wildman–Crippen LogP) is 1.36. The Hall–Kier alpha value is -1.44. The number of rotatable bonds is 5. The highest BCUT2D eigenvalue weighted by Gasteiger charge is 2.33. The van der Waals surface area contributed by atoms with Crippen molar-refractivity contribution in [2.24, 2.45) is 0 Å². The van der Waals surface area contributed by atoms with Crippen molar-refractivity contribution in [3.63, 3.8) is 0 Å². The second kappa shape index (κ2) is 6.13. The van der Waals surface area contributed by atoms with E-state index in [1.807, 2.05) is 6.92 Å². The summed E-state index contributed by atoms with van der Waals surface area (Å²) in [4.78, 5) is 11.3. The Balaban J connectivity index is 2.37. The third kappa shape index (κ3) is 3.09. The van der Waals surface area contributed by atoms with Gasteiger partial charge in [-0.1, -0.05) is 13.0 Å². The minimum Gasteiger partial charge on any atom is -0.478 e. The average molecular weight is 313 g/mol. The van der Waals surface area contributed by atoms with Gasteiger partial charge in [-0.3, -0.25) is 0 Å². The van der Waals surface area contributed by atoms with E-state index in [2.05, 4.69) is 0 Å². The molecule has 0 bridgehead atoms. The maximum Gasteiger partial charge on any atom is 0.336 e. The van der Waals surface area contributed by atoms with Crippen molar-refractivity contribution in [1.29, 1.82) is 0 Å². The smallest absolute Gasteiger partial charge is 0.336 e. The zero-order valence-electron chi connectivity index (χ0n) is 12.1. The van der Waals surface area contributed by atoms with Crippen LogP contribution >= 0.6 is 0 Å². The molecule has 0 aromatic heterocycles. The van der Waals surface area contributed by atoms with E-state index in [4.69, 9.17) is 4.74 Å². The first kappa shape index (κ1) is 15.9. The third-order valence-corrected chi connectivity index (χ3v) is 5.63. The fraction of sp³-hybridized carbons (Fsp3) is 0.500. The van der Waals surface area contributed by atoms with E-state index in [1.54, 1.807) is 13.2 Å². The standard InChI is InChI=1S/C14H19NO5S/c1-3-10-4-5-12(8-13(10)14(16)17)21(18,19)15-7-6-11(9-15)20-2/h4-5,8,11H,3,6-7,9H2,1-2H3,(H,16,17). The van der Waals surface area contributed by atoms with Crippen LogP contribution in [0.1, 0.15) is 29.3 Å². The number of carboxylic acid groups (broad SMARTS) is 1. The van der Waals surface area contributed by atoms with Crippen LogP contribution in [-0.2, 0) is 21.2 Å². The lowest BCUT2D eigenvalue weighted by molar-refractivity contribution is 0.0695. The molecule has 0 saturated carbocycles. The molecular weight excluding hydrogens is 294 g/mol. The summed E-state index contributed by atoms with van der Waals surface area (Å²) >= 11 is 0. The van der Waals surface area contributed by atoms with Gasteiger partial charge in [-0.15, -0.1) is 0 Å². The van der Waals surface area contributed by atoms with Crippen LogP contribution in [0.15, 0.2) is 23.1 Å². The Kier molecular flexibility index (Phi) is 4.65. The Morgan fingerprint density at radius 1 is 1.48 bits per heavy atom. The minimum atomic E-state index is -3.67. The number of aryl methyl sites for hydroxylation is 1. The Labute approximate surface area is 124 Å². The van der Waals surface area contributed by atoms with Crippen LogP contribution in [0.5, 0.6) is 0 Å². The van der Waals surface area contributed by atoms with E-state index in [1.165, 1.54) is 16.4 Å². The number of aromatic carboxylic acids is 1. The van der Waals surface area contributed by atoms with Crippen LogP contribution in [-0.4, -0.2) is 50.1 Å². The van der Waals surface area contributed by atoms with Crippen LogP contribution in [0.2, 0.25) is 0 Å². The van der Waals surface area contributed by atoms with Gasteiger partial charge < -0.3 is 9.84 Å². The molecule has 1 atom stereocenters. The number of benzene rings is 1. The molecule has 6 nitrogen and oxygen atoms in total. The van der Waals surface area contributed by atoms with Gasteiger partial charge in [0.1, 0.15) is 0 Å². The van der Waals surface area contributed by atoms with Crippen LogP contribution in [0.4, 0.5) is 0 Å². The zero-order valence-corrected chi connectivity index (χ0v) is 12.9. The molecule has 1 aliphatic rings. The molecule has 0 aliphatic carbocycles. The quantitative estimate of drug-likeness (QED) is 0.887. The van der Waals surface area contributed by atoms with Crippen molar-refractivity contribution in [3.05, 3.63) is 29.3 Å². The topological polar surface area (TPSA) is 83.9 Å². The monoisotopic (exact) mass is 313 g/mol. The lowest BCUT2D eigenvalue weighted by Gasteiger charge is -2.17. The minimum absolute atomic E-state index is 0.0221. The molecule has 1 heterocycles. The predicted molar refractivity (Wildman–Crippen MR) is 77.0 cm³/mol. The largest absolute Gasteiger partial charge is 0.478 e. The molecule has 0 radical (unpaired) electrons. The molecule has 1 aliphatic heterocycles. The zero-order chi connectivity index (χ0) is 15.6. The molecule has 2 rings (SSSR count). The average Bonchev–Trinajstić information content (AvgIpc) is 2.96. The summed E-state index contributed by atoms with van der Waals surface area (Å²) in [5, 5.41) is 9.20. The lowest BCUT2D eigenvalue weighted by atomic mass is 10.1. The van der Waals surface area contributed by atoms with Gasteiger partial charge >= 0.3 is 5.97 Å². The number of nitrogens with zero attached hydrogens (tertiary/aromatic N) is 1.